The summed E-state index contributed by atoms with van der Waals surface area (Å²) < 4.78 is 32.7. The van der Waals surface area contributed by atoms with Crippen LogP contribution in [0.4, 0.5) is 17.1 Å². The smallest absolute Gasteiger partial charge is 0.261 e. The highest BCUT2D eigenvalue weighted by Gasteiger charge is 2.17. The number of nitrogens with one attached hydrogen (secondary N) is 3. The van der Waals surface area contributed by atoms with Gasteiger partial charge in [0.25, 0.3) is 10.0 Å². The van der Waals surface area contributed by atoms with E-state index in [1.165, 1.54) is 57.4 Å². The third kappa shape index (κ3) is 4.96. The first kappa shape index (κ1) is 19.3. The number of amides is 2. The van der Waals surface area contributed by atoms with Gasteiger partial charge in [0.1, 0.15) is 5.75 Å². The van der Waals surface area contributed by atoms with Gasteiger partial charge >= 0.3 is 0 Å². The van der Waals surface area contributed by atoms with Gasteiger partial charge in [-0.25, -0.2) is 8.42 Å². The molecule has 0 saturated heterocycles. The van der Waals surface area contributed by atoms with Crippen molar-refractivity contribution in [3.63, 3.8) is 0 Å². The molecule has 2 aromatic rings. The topological polar surface area (TPSA) is 114 Å². The third-order valence-electron chi connectivity index (χ3n) is 3.27. The maximum absolute atomic E-state index is 12.6. The molecule has 138 valence electrons. The Labute approximate surface area is 151 Å². The number of anilines is 3. The zero-order valence-electron chi connectivity index (χ0n) is 14.5. The normalized spacial score (nSPS) is 10.7. The molecule has 3 N–H and O–H groups in total. The van der Waals surface area contributed by atoms with Gasteiger partial charge in [0, 0.05) is 25.6 Å². The zero-order chi connectivity index (χ0) is 19.3. The third-order valence-corrected chi connectivity index (χ3v) is 4.65. The van der Waals surface area contributed by atoms with Crippen molar-refractivity contribution in [2.24, 2.45) is 0 Å². The van der Waals surface area contributed by atoms with E-state index in [4.69, 9.17) is 4.74 Å². The molecule has 0 aromatic heterocycles. The minimum absolute atomic E-state index is 0.0104. The van der Waals surface area contributed by atoms with Gasteiger partial charge in [-0.2, -0.15) is 0 Å². The van der Waals surface area contributed by atoms with E-state index in [-0.39, 0.29) is 28.1 Å². The highest BCUT2D eigenvalue weighted by Crippen LogP contribution is 2.29. The molecule has 0 radical (unpaired) electrons. The van der Waals surface area contributed by atoms with Crippen molar-refractivity contribution in [2.75, 3.05) is 22.5 Å². The number of carbonyl (C=O) groups excluding carboxylic acids is 2. The summed E-state index contributed by atoms with van der Waals surface area (Å²) in [6, 6.07) is 10.3. The van der Waals surface area contributed by atoms with Crippen molar-refractivity contribution in [2.45, 2.75) is 18.7 Å². The van der Waals surface area contributed by atoms with Crippen molar-refractivity contribution >= 4 is 38.9 Å². The van der Waals surface area contributed by atoms with Crippen LogP contribution in [0.25, 0.3) is 0 Å². The highest BCUT2D eigenvalue weighted by atomic mass is 32.2. The van der Waals surface area contributed by atoms with Crippen LogP contribution in [0.2, 0.25) is 0 Å². The highest BCUT2D eigenvalue weighted by molar-refractivity contribution is 7.92. The molecule has 0 aliphatic rings. The van der Waals surface area contributed by atoms with Crippen LogP contribution in [0.15, 0.2) is 47.4 Å². The lowest BCUT2D eigenvalue weighted by atomic mass is 10.2. The van der Waals surface area contributed by atoms with Gasteiger partial charge in [0.05, 0.1) is 23.4 Å². The molecule has 9 heteroatoms. The van der Waals surface area contributed by atoms with Crippen LogP contribution in [-0.2, 0) is 19.6 Å². The lowest BCUT2D eigenvalue weighted by Gasteiger charge is -2.14. The fraction of sp³-hybridized carbons (Fsp3) is 0.176. The van der Waals surface area contributed by atoms with E-state index in [0.29, 0.717) is 11.4 Å². The maximum atomic E-state index is 12.6. The summed E-state index contributed by atoms with van der Waals surface area (Å²) in [6.07, 6.45) is 0. The molecule has 0 aliphatic heterocycles. The summed E-state index contributed by atoms with van der Waals surface area (Å²) >= 11 is 0. The molecule has 2 aromatic carbocycles. The molecule has 0 heterocycles. The number of methoxy groups -OCH3 is 1. The van der Waals surface area contributed by atoms with E-state index >= 15 is 0 Å². The average Bonchev–Trinajstić information content (AvgIpc) is 2.55. The van der Waals surface area contributed by atoms with Crippen LogP contribution < -0.4 is 20.1 Å². The Bertz CT molecular complexity index is 924. The minimum Gasteiger partial charge on any atom is -0.497 e. The summed E-state index contributed by atoms with van der Waals surface area (Å²) in [5, 5.41) is 5.12. The fourth-order valence-corrected chi connectivity index (χ4v) is 3.24. The molecule has 2 amide bonds. The standard InChI is InChI=1S/C17H19N3O5S/c1-11(21)18-13-4-7-15(8-5-13)26(23,24)20-16-9-6-14(25-3)10-17(16)19-12(2)22/h4-10,20H,1-3H3,(H,18,21)(H,19,22). The van der Waals surface area contributed by atoms with Crippen molar-refractivity contribution in [3.05, 3.63) is 42.5 Å². The number of hydrogen-bond donors (Lipinski definition) is 3. The van der Waals surface area contributed by atoms with Crippen LogP contribution in [0.1, 0.15) is 13.8 Å². The Balaban J connectivity index is 2.31. The predicted octanol–water partition coefficient (Wildman–Crippen LogP) is 2.41. The van der Waals surface area contributed by atoms with E-state index < -0.39 is 10.0 Å². The Morgan fingerprint density at radius 1 is 0.885 bits per heavy atom. The zero-order valence-corrected chi connectivity index (χ0v) is 15.3. The summed E-state index contributed by atoms with van der Waals surface area (Å²) in [5.41, 5.74) is 0.960. The lowest BCUT2D eigenvalue weighted by molar-refractivity contribution is -0.115. The lowest BCUT2D eigenvalue weighted by Crippen LogP contribution is -2.16. The van der Waals surface area contributed by atoms with Crippen molar-refractivity contribution in [1.29, 1.82) is 0 Å². The van der Waals surface area contributed by atoms with E-state index in [0.717, 1.165) is 0 Å². The van der Waals surface area contributed by atoms with Gasteiger partial charge in [-0.05, 0) is 36.4 Å². The van der Waals surface area contributed by atoms with Crippen molar-refractivity contribution < 1.29 is 22.7 Å². The second kappa shape index (κ2) is 7.87. The predicted molar refractivity (Wildman–Crippen MR) is 98.9 cm³/mol. The summed E-state index contributed by atoms with van der Waals surface area (Å²) in [6.45, 7) is 2.68. The van der Waals surface area contributed by atoms with Gasteiger partial charge < -0.3 is 15.4 Å². The molecule has 0 aliphatic carbocycles. The van der Waals surface area contributed by atoms with Gasteiger partial charge in [-0.15, -0.1) is 0 Å². The molecule has 8 nitrogen and oxygen atoms in total. The van der Waals surface area contributed by atoms with E-state index in [2.05, 4.69) is 15.4 Å². The van der Waals surface area contributed by atoms with Crippen LogP contribution in [0, 0.1) is 0 Å². The van der Waals surface area contributed by atoms with Crippen molar-refractivity contribution in [3.8, 4) is 5.75 Å². The molecule has 0 atom stereocenters. The van der Waals surface area contributed by atoms with Crippen molar-refractivity contribution in [1.82, 2.24) is 0 Å². The number of hydrogen-bond acceptors (Lipinski definition) is 5. The Morgan fingerprint density at radius 3 is 2.04 bits per heavy atom. The number of rotatable bonds is 6. The number of sulfonamides is 1. The Kier molecular flexibility index (Phi) is 5.83. The van der Waals surface area contributed by atoms with Gasteiger partial charge in [0.2, 0.25) is 11.8 Å². The number of benzene rings is 2. The number of carbonyl (C=O) groups is 2. The molecule has 0 bridgehead atoms. The molecule has 2 rings (SSSR count). The van der Waals surface area contributed by atoms with Crippen LogP contribution in [-0.4, -0.2) is 27.3 Å². The van der Waals surface area contributed by atoms with Crippen LogP contribution in [0.3, 0.4) is 0 Å². The van der Waals surface area contributed by atoms with E-state index in [1.54, 1.807) is 6.07 Å². The Morgan fingerprint density at radius 2 is 1.50 bits per heavy atom. The monoisotopic (exact) mass is 377 g/mol. The molecule has 26 heavy (non-hydrogen) atoms. The first-order chi connectivity index (χ1) is 12.2. The molecule has 0 fully saturated rings. The second-order valence-electron chi connectivity index (χ2n) is 5.40. The molecule has 0 spiro atoms. The largest absolute Gasteiger partial charge is 0.497 e. The Hall–Kier alpha value is -3.07. The molecular formula is C17H19N3O5S. The SMILES string of the molecule is COc1ccc(NS(=O)(=O)c2ccc(NC(C)=O)cc2)c(NC(C)=O)c1. The summed E-state index contributed by atoms with van der Waals surface area (Å²) in [7, 11) is -2.43. The van der Waals surface area contributed by atoms with Crippen LogP contribution >= 0.6 is 0 Å². The molecule has 0 unspecified atom stereocenters. The van der Waals surface area contributed by atoms with E-state index in [9.17, 15) is 18.0 Å². The maximum Gasteiger partial charge on any atom is 0.261 e. The summed E-state index contributed by atoms with van der Waals surface area (Å²) in [5.74, 6) is -0.133. The number of ether oxygens (including phenoxy) is 1. The van der Waals surface area contributed by atoms with Gasteiger partial charge in [0.15, 0.2) is 0 Å². The first-order valence-electron chi connectivity index (χ1n) is 7.57. The van der Waals surface area contributed by atoms with E-state index in [1.807, 2.05) is 0 Å². The quantitative estimate of drug-likeness (QED) is 0.715. The fourth-order valence-electron chi connectivity index (χ4n) is 2.16. The molecule has 0 saturated carbocycles. The second-order valence-corrected chi connectivity index (χ2v) is 7.09. The van der Waals surface area contributed by atoms with Crippen LogP contribution in [0.5, 0.6) is 5.75 Å². The first-order valence-corrected chi connectivity index (χ1v) is 9.05. The summed E-state index contributed by atoms with van der Waals surface area (Å²) in [4.78, 5) is 22.4. The minimum atomic E-state index is -3.89. The van der Waals surface area contributed by atoms with Gasteiger partial charge in [-0.1, -0.05) is 0 Å². The average molecular weight is 377 g/mol. The van der Waals surface area contributed by atoms with Gasteiger partial charge in [-0.3, -0.25) is 14.3 Å². The molecular weight excluding hydrogens is 358 g/mol.